The van der Waals surface area contributed by atoms with Crippen LogP contribution in [-0.4, -0.2) is 25.5 Å². The molecular formula is C11H20N2O. The Bertz CT molecular complexity index is 195. The summed E-state index contributed by atoms with van der Waals surface area (Å²) in [6.45, 7) is 2.92. The van der Waals surface area contributed by atoms with Gasteiger partial charge in [0, 0.05) is 12.5 Å². The summed E-state index contributed by atoms with van der Waals surface area (Å²) < 4.78 is 0. The van der Waals surface area contributed by atoms with Crippen molar-refractivity contribution in [3.8, 4) is 0 Å². The summed E-state index contributed by atoms with van der Waals surface area (Å²) in [5.41, 5.74) is 0. The summed E-state index contributed by atoms with van der Waals surface area (Å²) in [5.74, 6) is 1.34. The molecule has 1 heterocycles. The first-order valence-electron chi connectivity index (χ1n) is 5.84. The maximum absolute atomic E-state index is 11.7. The molecule has 2 fully saturated rings. The van der Waals surface area contributed by atoms with Gasteiger partial charge in [-0.1, -0.05) is 6.42 Å². The summed E-state index contributed by atoms with van der Waals surface area (Å²) in [7, 11) is 0. The van der Waals surface area contributed by atoms with Crippen LogP contribution in [-0.2, 0) is 4.79 Å². The number of hydrogen-bond donors (Lipinski definition) is 2. The molecule has 2 N–H and O–H groups in total. The van der Waals surface area contributed by atoms with Gasteiger partial charge in [0.2, 0.25) is 5.91 Å². The highest BCUT2D eigenvalue weighted by atomic mass is 16.1. The second-order valence-electron chi connectivity index (χ2n) is 4.57. The number of carbonyl (C=O) groups excluding carboxylic acids is 1. The number of nitrogens with one attached hydrogen (secondary N) is 2. The van der Waals surface area contributed by atoms with E-state index in [9.17, 15) is 4.79 Å². The number of rotatable bonds is 3. The van der Waals surface area contributed by atoms with Crippen molar-refractivity contribution in [1.82, 2.24) is 10.6 Å². The molecule has 3 heteroatoms. The van der Waals surface area contributed by atoms with Gasteiger partial charge in [0.25, 0.3) is 0 Å². The summed E-state index contributed by atoms with van der Waals surface area (Å²) in [5, 5.41) is 6.36. The molecule has 80 valence electrons. The third-order valence-electron chi connectivity index (χ3n) is 3.50. The van der Waals surface area contributed by atoms with Crippen LogP contribution in [0.4, 0.5) is 0 Å². The Morgan fingerprint density at radius 2 is 1.93 bits per heavy atom. The SMILES string of the molecule is O=C(NCC1CCC1)C1CCNCC1. The van der Waals surface area contributed by atoms with E-state index in [1.54, 1.807) is 0 Å². The molecule has 2 aliphatic rings. The fraction of sp³-hybridized carbons (Fsp3) is 0.909. The molecule has 14 heavy (non-hydrogen) atoms. The van der Waals surface area contributed by atoms with Crippen LogP contribution < -0.4 is 10.6 Å². The topological polar surface area (TPSA) is 41.1 Å². The van der Waals surface area contributed by atoms with Crippen molar-refractivity contribution in [1.29, 1.82) is 0 Å². The molecule has 0 spiro atoms. The van der Waals surface area contributed by atoms with Gasteiger partial charge >= 0.3 is 0 Å². The standard InChI is InChI=1S/C11H20N2O/c14-11(10-4-6-12-7-5-10)13-8-9-2-1-3-9/h9-10,12H,1-8H2,(H,13,14). The Morgan fingerprint density at radius 1 is 1.21 bits per heavy atom. The molecule has 1 amide bonds. The van der Waals surface area contributed by atoms with E-state index in [-0.39, 0.29) is 5.92 Å². The van der Waals surface area contributed by atoms with Gasteiger partial charge in [-0.15, -0.1) is 0 Å². The number of carbonyl (C=O) groups is 1. The Balaban J connectivity index is 1.65. The van der Waals surface area contributed by atoms with Crippen LogP contribution >= 0.6 is 0 Å². The monoisotopic (exact) mass is 196 g/mol. The van der Waals surface area contributed by atoms with E-state index in [1.807, 2.05) is 0 Å². The van der Waals surface area contributed by atoms with Gasteiger partial charge < -0.3 is 10.6 Å². The van der Waals surface area contributed by atoms with E-state index < -0.39 is 0 Å². The van der Waals surface area contributed by atoms with Crippen molar-refractivity contribution >= 4 is 5.91 Å². The van der Waals surface area contributed by atoms with Crippen LogP contribution in [0.3, 0.4) is 0 Å². The van der Waals surface area contributed by atoms with E-state index in [4.69, 9.17) is 0 Å². The fourth-order valence-electron chi connectivity index (χ4n) is 2.17. The smallest absolute Gasteiger partial charge is 0.223 e. The fourth-order valence-corrected chi connectivity index (χ4v) is 2.17. The zero-order chi connectivity index (χ0) is 9.80. The molecular weight excluding hydrogens is 176 g/mol. The van der Waals surface area contributed by atoms with Crippen LogP contribution in [0, 0.1) is 11.8 Å². The predicted molar refractivity (Wildman–Crippen MR) is 55.9 cm³/mol. The van der Waals surface area contributed by atoms with Gasteiger partial charge in [0.15, 0.2) is 0 Å². The van der Waals surface area contributed by atoms with Gasteiger partial charge in [0.05, 0.1) is 0 Å². The van der Waals surface area contributed by atoms with E-state index >= 15 is 0 Å². The highest BCUT2D eigenvalue weighted by molar-refractivity contribution is 5.78. The second-order valence-corrected chi connectivity index (χ2v) is 4.57. The lowest BCUT2D eigenvalue weighted by atomic mass is 9.85. The molecule has 3 nitrogen and oxygen atoms in total. The molecule has 0 aromatic rings. The molecule has 1 saturated heterocycles. The van der Waals surface area contributed by atoms with Crippen molar-refractivity contribution in [2.75, 3.05) is 19.6 Å². The van der Waals surface area contributed by atoms with Crippen molar-refractivity contribution in [3.05, 3.63) is 0 Å². The number of amides is 1. The van der Waals surface area contributed by atoms with Crippen molar-refractivity contribution in [3.63, 3.8) is 0 Å². The molecule has 0 bridgehead atoms. The molecule has 0 aromatic carbocycles. The van der Waals surface area contributed by atoms with Crippen LogP contribution in [0.5, 0.6) is 0 Å². The summed E-state index contributed by atoms with van der Waals surface area (Å²) in [6, 6.07) is 0. The minimum absolute atomic E-state index is 0.274. The zero-order valence-corrected chi connectivity index (χ0v) is 8.72. The molecule has 1 aliphatic carbocycles. The van der Waals surface area contributed by atoms with E-state index in [2.05, 4.69) is 10.6 Å². The van der Waals surface area contributed by atoms with Crippen molar-refractivity contribution in [2.24, 2.45) is 11.8 Å². The van der Waals surface area contributed by atoms with Gasteiger partial charge in [-0.05, 0) is 44.7 Å². The van der Waals surface area contributed by atoms with Gasteiger partial charge in [-0.2, -0.15) is 0 Å². The molecule has 1 saturated carbocycles. The average molecular weight is 196 g/mol. The summed E-state index contributed by atoms with van der Waals surface area (Å²) in [4.78, 5) is 11.7. The Labute approximate surface area is 85.6 Å². The van der Waals surface area contributed by atoms with Crippen LogP contribution in [0.25, 0.3) is 0 Å². The van der Waals surface area contributed by atoms with Crippen molar-refractivity contribution < 1.29 is 4.79 Å². The first-order chi connectivity index (χ1) is 6.86. The van der Waals surface area contributed by atoms with E-state index in [1.165, 1.54) is 19.3 Å². The van der Waals surface area contributed by atoms with Crippen LogP contribution in [0.15, 0.2) is 0 Å². The van der Waals surface area contributed by atoms with E-state index in [0.29, 0.717) is 5.91 Å². The van der Waals surface area contributed by atoms with Gasteiger partial charge in [-0.25, -0.2) is 0 Å². The lowest BCUT2D eigenvalue weighted by Crippen LogP contribution is -2.40. The lowest BCUT2D eigenvalue weighted by Gasteiger charge is -2.27. The summed E-state index contributed by atoms with van der Waals surface area (Å²) in [6.07, 6.45) is 6.00. The molecule has 0 unspecified atom stereocenters. The first kappa shape index (κ1) is 9.97. The highest BCUT2D eigenvalue weighted by Crippen LogP contribution is 2.25. The maximum atomic E-state index is 11.7. The lowest BCUT2D eigenvalue weighted by molar-refractivity contribution is -0.126. The largest absolute Gasteiger partial charge is 0.356 e. The normalized spacial score (nSPS) is 24.3. The molecule has 0 atom stereocenters. The molecule has 2 rings (SSSR count). The van der Waals surface area contributed by atoms with Gasteiger partial charge in [0.1, 0.15) is 0 Å². The average Bonchev–Trinajstić information content (AvgIpc) is 2.16. The molecule has 0 aromatic heterocycles. The second kappa shape index (κ2) is 4.78. The third-order valence-corrected chi connectivity index (χ3v) is 3.50. The van der Waals surface area contributed by atoms with Crippen molar-refractivity contribution in [2.45, 2.75) is 32.1 Å². The number of piperidine rings is 1. The molecule has 0 radical (unpaired) electrons. The van der Waals surface area contributed by atoms with E-state index in [0.717, 1.165) is 38.4 Å². The Hall–Kier alpha value is -0.570. The van der Waals surface area contributed by atoms with Crippen LogP contribution in [0.2, 0.25) is 0 Å². The summed E-state index contributed by atoms with van der Waals surface area (Å²) >= 11 is 0. The van der Waals surface area contributed by atoms with Crippen LogP contribution in [0.1, 0.15) is 32.1 Å². The van der Waals surface area contributed by atoms with Gasteiger partial charge in [-0.3, -0.25) is 4.79 Å². The minimum atomic E-state index is 0.274. The Morgan fingerprint density at radius 3 is 2.50 bits per heavy atom. The highest BCUT2D eigenvalue weighted by Gasteiger charge is 2.23. The quantitative estimate of drug-likeness (QED) is 0.704. The maximum Gasteiger partial charge on any atom is 0.223 e. The third kappa shape index (κ3) is 2.47. The minimum Gasteiger partial charge on any atom is -0.356 e. The molecule has 1 aliphatic heterocycles. The zero-order valence-electron chi connectivity index (χ0n) is 8.72. The first-order valence-corrected chi connectivity index (χ1v) is 5.84. The predicted octanol–water partition coefficient (Wildman–Crippen LogP) is 0.902. The Kier molecular flexibility index (Phi) is 3.40. The number of hydrogen-bond acceptors (Lipinski definition) is 2.